The number of nitrogens with zero attached hydrogens (tertiary/aromatic N) is 1. The molecule has 3 nitrogen and oxygen atoms in total. The molecule has 12 heavy (non-hydrogen) atoms. The molecule has 0 spiro atoms. The Kier molecular flexibility index (Phi) is 2.64. The predicted molar refractivity (Wildman–Crippen MR) is 43.0 cm³/mol. The van der Waals surface area contributed by atoms with E-state index in [1.54, 1.807) is 0 Å². The van der Waals surface area contributed by atoms with Gasteiger partial charge >= 0.3 is 10.2 Å². The van der Waals surface area contributed by atoms with Crippen LogP contribution in [0.15, 0.2) is 18.3 Å². The maximum absolute atomic E-state index is 12.1. The van der Waals surface area contributed by atoms with Crippen molar-refractivity contribution in [2.75, 3.05) is 0 Å². The molecule has 0 fully saturated rings. The highest BCUT2D eigenvalue weighted by Gasteiger charge is 2.08. The maximum Gasteiger partial charge on any atom is 0.306 e. The molecule has 1 rings (SSSR count). The molecule has 0 saturated carbocycles. The second-order valence-electron chi connectivity index (χ2n) is 2.17. The lowest BCUT2D eigenvalue weighted by molar-refractivity contribution is 0.551. The van der Waals surface area contributed by atoms with Gasteiger partial charge in [0.2, 0.25) is 0 Å². The zero-order chi connectivity index (χ0) is 9.19. The second kappa shape index (κ2) is 3.37. The number of hydrogen-bond donors (Lipinski definition) is 0. The Labute approximate surface area is 74.4 Å². The van der Waals surface area contributed by atoms with Gasteiger partial charge in [-0.15, -0.1) is 3.89 Å². The lowest BCUT2D eigenvalue weighted by Crippen LogP contribution is -1.96. The molecular formula is C6H5ClFNO2S. The lowest BCUT2D eigenvalue weighted by atomic mass is 10.3. The quantitative estimate of drug-likeness (QED) is 0.548. The highest BCUT2D eigenvalue weighted by atomic mass is 35.5. The molecule has 0 aliphatic heterocycles. The van der Waals surface area contributed by atoms with E-state index in [9.17, 15) is 12.3 Å². The van der Waals surface area contributed by atoms with Crippen molar-refractivity contribution >= 4 is 21.8 Å². The minimum Gasteiger partial charge on any atom is -0.245 e. The van der Waals surface area contributed by atoms with Crippen molar-refractivity contribution in [3.05, 3.63) is 29.0 Å². The molecule has 1 aromatic heterocycles. The van der Waals surface area contributed by atoms with Crippen molar-refractivity contribution in [3.63, 3.8) is 0 Å². The van der Waals surface area contributed by atoms with Gasteiger partial charge < -0.3 is 0 Å². The van der Waals surface area contributed by atoms with Gasteiger partial charge in [-0.25, -0.2) is 4.98 Å². The van der Waals surface area contributed by atoms with Crippen LogP contribution in [0.4, 0.5) is 3.89 Å². The van der Waals surface area contributed by atoms with Gasteiger partial charge in [0.1, 0.15) is 10.9 Å². The highest BCUT2D eigenvalue weighted by molar-refractivity contribution is 7.85. The van der Waals surface area contributed by atoms with Crippen molar-refractivity contribution in [1.29, 1.82) is 0 Å². The van der Waals surface area contributed by atoms with Crippen LogP contribution >= 0.6 is 11.6 Å². The molecular weight excluding hydrogens is 205 g/mol. The fourth-order valence-electron chi connectivity index (χ4n) is 0.731. The largest absolute Gasteiger partial charge is 0.306 e. The van der Waals surface area contributed by atoms with Crippen molar-refractivity contribution < 1.29 is 12.3 Å². The Bertz CT molecular complexity index is 379. The van der Waals surface area contributed by atoms with E-state index in [0.29, 0.717) is 0 Å². The summed E-state index contributed by atoms with van der Waals surface area (Å²) in [6.07, 6.45) is 1.32. The average Bonchev–Trinajstić information content (AvgIpc) is 1.82. The first-order valence-electron chi connectivity index (χ1n) is 3.00. The first kappa shape index (κ1) is 9.41. The van der Waals surface area contributed by atoms with Crippen molar-refractivity contribution in [3.8, 4) is 0 Å². The molecule has 0 radical (unpaired) electrons. The second-order valence-corrected chi connectivity index (χ2v) is 3.92. The first-order chi connectivity index (χ1) is 5.47. The van der Waals surface area contributed by atoms with E-state index < -0.39 is 16.0 Å². The summed E-state index contributed by atoms with van der Waals surface area (Å²) >= 11 is 5.45. The van der Waals surface area contributed by atoms with Crippen LogP contribution in [-0.4, -0.2) is 13.4 Å². The van der Waals surface area contributed by atoms with Crippen LogP contribution in [0.3, 0.4) is 0 Å². The molecule has 0 unspecified atom stereocenters. The molecule has 6 heteroatoms. The van der Waals surface area contributed by atoms with Gasteiger partial charge in [-0.05, 0) is 17.7 Å². The number of aromatic nitrogens is 1. The third kappa shape index (κ3) is 3.15. The smallest absolute Gasteiger partial charge is 0.245 e. The maximum atomic E-state index is 12.1. The van der Waals surface area contributed by atoms with E-state index in [1.165, 1.54) is 18.3 Å². The number of rotatable bonds is 2. The van der Waals surface area contributed by atoms with Crippen LogP contribution in [0.25, 0.3) is 0 Å². The summed E-state index contributed by atoms with van der Waals surface area (Å²) in [5.41, 5.74) is 0.289. The third-order valence-corrected chi connectivity index (χ3v) is 2.01. The number of hydrogen-bond acceptors (Lipinski definition) is 3. The molecule has 0 atom stereocenters. The summed E-state index contributed by atoms with van der Waals surface area (Å²) in [6, 6.07) is 2.70. The number of halogens is 2. The van der Waals surface area contributed by atoms with Crippen LogP contribution < -0.4 is 0 Å². The highest BCUT2D eigenvalue weighted by Crippen LogP contribution is 2.10. The molecule has 0 aliphatic carbocycles. The zero-order valence-electron chi connectivity index (χ0n) is 5.87. The number of pyridine rings is 1. The molecule has 1 heterocycles. The molecule has 1 aromatic rings. The van der Waals surface area contributed by atoms with Crippen LogP contribution in [0, 0.1) is 0 Å². The topological polar surface area (TPSA) is 47.0 Å². The summed E-state index contributed by atoms with van der Waals surface area (Å²) in [6.45, 7) is 0. The molecule has 0 N–H and O–H groups in total. The van der Waals surface area contributed by atoms with Crippen LogP contribution in [0.1, 0.15) is 5.56 Å². The minimum atomic E-state index is -4.48. The molecule has 0 amide bonds. The van der Waals surface area contributed by atoms with E-state index in [0.717, 1.165) is 0 Å². The SMILES string of the molecule is O=S(=O)(F)Cc1ccnc(Cl)c1. The summed E-state index contributed by atoms with van der Waals surface area (Å²) < 4.78 is 32.5. The van der Waals surface area contributed by atoms with Crippen LogP contribution in [0.2, 0.25) is 5.15 Å². The van der Waals surface area contributed by atoms with Gasteiger partial charge in [0.05, 0.1) is 0 Å². The molecule has 0 saturated heterocycles. The fraction of sp³-hybridized carbons (Fsp3) is 0.167. The minimum absolute atomic E-state index is 0.149. The van der Waals surface area contributed by atoms with Crippen molar-refractivity contribution in [2.24, 2.45) is 0 Å². The Balaban J connectivity index is 2.91. The Morgan fingerprint density at radius 2 is 2.25 bits per heavy atom. The summed E-state index contributed by atoms with van der Waals surface area (Å²) in [7, 11) is -4.48. The monoisotopic (exact) mass is 209 g/mol. The van der Waals surface area contributed by atoms with Gasteiger partial charge in [-0.3, -0.25) is 0 Å². The van der Waals surface area contributed by atoms with Crippen LogP contribution in [-0.2, 0) is 16.0 Å². The third-order valence-electron chi connectivity index (χ3n) is 1.13. The molecule has 0 aromatic carbocycles. The summed E-state index contributed by atoms with van der Waals surface area (Å²) in [5.74, 6) is -0.658. The summed E-state index contributed by atoms with van der Waals surface area (Å²) in [4.78, 5) is 3.62. The standard InChI is InChI=1S/C6H5ClFNO2S/c7-6-3-5(1-2-9-6)4-12(8,10)11/h1-3H,4H2. The Morgan fingerprint density at radius 1 is 1.58 bits per heavy atom. The molecule has 66 valence electrons. The fourth-order valence-corrected chi connectivity index (χ4v) is 1.51. The summed E-state index contributed by atoms with van der Waals surface area (Å²) in [5, 5.41) is 0.149. The van der Waals surface area contributed by atoms with Crippen molar-refractivity contribution in [2.45, 2.75) is 5.75 Å². The average molecular weight is 210 g/mol. The van der Waals surface area contributed by atoms with E-state index in [2.05, 4.69) is 4.98 Å². The van der Waals surface area contributed by atoms with Gasteiger partial charge in [0.25, 0.3) is 0 Å². The molecule has 0 bridgehead atoms. The van der Waals surface area contributed by atoms with E-state index >= 15 is 0 Å². The van der Waals surface area contributed by atoms with E-state index in [4.69, 9.17) is 11.6 Å². The van der Waals surface area contributed by atoms with Crippen molar-refractivity contribution in [1.82, 2.24) is 4.98 Å². The van der Waals surface area contributed by atoms with E-state index in [1.807, 2.05) is 0 Å². The zero-order valence-corrected chi connectivity index (χ0v) is 7.44. The van der Waals surface area contributed by atoms with Gasteiger partial charge in [-0.2, -0.15) is 8.42 Å². The first-order valence-corrected chi connectivity index (χ1v) is 4.93. The Morgan fingerprint density at radius 3 is 2.75 bits per heavy atom. The lowest BCUT2D eigenvalue weighted by Gasteiger charge is -1.95. The molecule has 0 aliphatic rings. The van der Waals surface area contributed by atoms with Crippen LogP contribution in [0.5, 0.6) is 0 Å². The van der Waals surface area contributed by atoms with Gasteiger partial charge in [0, 0.05) is 6.20 Å². The Hall–Kier alpha value is -0.680. The van der Waals surface area contributed by atoms with Gasteiger partial charge in [0.15, 0.2) is 0 Å². The predicted octanol–water partition coefficient (Wildman–Crippen LogP) is 1.53. The van der Waals surface area contributed by atoms with E-state index in [-0.39, 0.29) is 10.7 Å². The van der Waals surface area contributed by atoms with Gasteiger partial charge in [-0.1, -0.05) is 11.6 Å². The normalized spacial score (nSPS) is 11.5.